The van der Waals surface area contributed by atoms with Crippen LogP contribution >= 0.6 is 0 Å². The summed E-state index contributed by atoms with van der Waals surface area (Å²) in [6.45, 7) is 3.56. The van der Waals surface area contributed by atoms with Gasteiger partial charge in [0.1, 0.15) is 30.5 Å². The smallest absolute Gasteiger partial charge is 0.249 e. The van der Waals surface area contributed by atoms with E-state index in [1.807, 2.05) is 6.08 Å². The highest BCUT2D eigenvalue weighted by Gasteiger charge is 2.44. The van der Waals surface area contributed by atoms with Crippen LogP contribution in [0, 0.1) is 0 Å². The van der Waals surface area contributed by atoms with Gasteiger partial charge in [-0.25, -0.2) is 0 Å². The van der Waals surface area contributed by atoms with Crippen molar-refractivity contribution in [1.82, 2.24) is 5.32 Å². The maximum Gasteiger partial charge on any atom is 0.249 e. The topological polar surface area (TPSA) is 169 Å². The minimum Gasteiger partial charge on any atom is -0.394 e. The van der Waals surface area contributed by atoms with Gasteiger partial charge in [-0.15, -0.1) is 0 Å². The summed E-state index contributed by atoms with van der Waals surface area (Å²) in [7, 11) is 0. The average molecular weight is 674 g/mol. The third-order valence-corrected chi connectivity index (χ3v) is 9.23. The van der Waals surface area contributed by atoms with Crippen LogP contribution in [-0.2, 0) is 14.3 Å². The van der Waals surface area contributed by atoms with Crippen LogP contribution in [0.25, 0.3) is 0 Å². The van der Waals surface area contributed by atoms with Crippen molar-refractivity contribution in [3.8, 4) is 0 Å². The Morgan fingerprint density at radius 2 is 1.21 bits per heavy atom. The van der Waals surface area contributed by atoms with E-state index in [4.69, 9.17) is 9.47 Å². The first-order chi connectivity index (χ1) is 22.8. The zero-order chi connectivity index (χ0) is 34.7. The molecule has 1 aliphatic rings. The van der Waals surface area contributed by atoms with Gasteiger partial charge < -0.3 is 45.4 Å². The lowest BCUT2D eigenvalue weighted by Gasteiger charge is -2.40. The molecule has 10 nitrogen and oxygen atoms in total. The van der Waals surface area contributed by atoms with Crippen LogP contribution in [0.5, 0.6) is 0 Å². The number of hydrogen-bond acceptors (Lipinski definition) is 9. The van der Waals surface area contributed by atoms with Crippen LogP contribution < -0.4 is 5.32 Å². The van der Waals surface area contributed by atoms with E-state index in [-0.39, 0.29) is 13.0 Å². The zero-order valence-corrected chi connectivity index (χ0v) is 29.7. The lowest BCUT2D eigenvalue weighted by Crippen LogP contribution is -2.60. The Balaban J connectivity index is 2.51. The molecule has 1 amide bonds. The molecule has 8 atom stereocenters. The van der Waals surface area contributed by atoms with Crippen molar-refractivity contribution in [1.29, 1.82) is 0 Å². The SMILES string of the molecule is CCCCCC/C=C\CCC(O)C(=O)NC(COC1OC(CO)C(O)C(O)C1O)C(O)CCCCCCCCCCCCCCCC. The summed E-state index contributed by atoms with van der Waals surface area (Å²) in [5.41, 5.74) is 0. The predicted octanol–water partition coefficient (Wildman–Crippen LogP) is 5.19. The Kier molecular flexibility index (Phi) is 26.8. The summed E-state index contributed by atoms with van der Waals surface area (Å²) in [5, 5.41) is 64.2. The molecular weight excluding hydrogens is 602 g/mol. The molecule has 0 bridgehead atoms. The van der Waals surface area contributed by atoms with E-state index in [0.717, 1.165) is 38.5 Å². The van der Waals surface area contributed by atoms with E-state index < -0.39 is 61.5 Å². The highest BCUT2D eigenvalue weighted by atomic mass is 16.7. The minimum atomic E-state index is -1.60. The largest absolute Gasteiger partial charge is 0.394 e. The second-order valence-corrected chi connectivity index (χ2v) is 13.5. The summed E-state index contributed by atoms with van der Waals surface area (Å²) < 4.78 is 11.1. The number of hydrogen-bond donors (Lipinski definition) is 7. The van der Waals surface area contributed by atoms with Crippen LogP contribution in [0.4, 0.5) is 0 Å². The van der Waals surface area contributed by atoms with Crippen molar-refractivity contribution >= 4 is 5.91 Å². The number of allylic oxidation sites excluding steroid dienone is 2. The van der Waals surface area contributed by atoms with Gasteiger partial charge in [0.05, 0.1) is 25.4 Å². The molecule has 0 saturated carbocycles. The van der Waals surface area contributed by atoms with E-state index in [9.17, 15) is 35.4 Å². The summed E-state index contributed by atoms with van der Waals surface area (Å²) in [6.07, 6.45) is 18.6. The van der Waals surface area contributed by atoms with Gasteiger partial charge in [0.2, 0.25) is 5.91 Å². The Labute approximate surface area is 285 Å². The molecule has 0 aromatic carbocycles. The first kappa shape index (κ1) is 43.9. The van der Waals surface area contributed by atoms with Gasteiger partial charge in [-0.3, -0.25) is 4.79 Å². The molecule has 1 fully saturated rings. The molecule has 0 radical (unpaired) electrons. The van der Waals surface area contributed by atoms with Gasteiger partial charge >= 0.3 is 0 Å². The number of amides is 1. The quantitative estimate of drug-likeness (QED) is 0.0401. The van der Waals surface area contributed by atoms with Crippen molar-refractivity contribution in [2.45, 2.75) is 204 Å². The van der Waals surface area contributed by atoms with E-state index in [2.05, 4.69) is 25.2 Å². The van der Waals surface area contributed by atoms with E-state index >= 15 is 0 Å². The van der Waals surface area contributed by atoms with Crippen LogP contribution in [0.1, 0.15) is 155 Å². The molecule has 7 N–H and O–H groups in total. The highest BCUT2D eigenvalue weighted by molar-refractivity contribution is 5.80. The molecule has 1 heterocycles. The monoisotopic (exact) mass is 674 g/mol. The normalized spacial score (nSPS) is 23.6. The van der Waals surface area contributed by atoms with Gasteiger partial charge in [0.15, 0.2) is 6.29 Å². The fourth-order valence-corrected chi connectivity index (χ4v) is 5.99. The summed E-state index contributed by atoms with van der Waals surface area (Å²) in [5.74, 6) is -0.622. The lowest BCUT2D eigenvalue weighted by atomic mass is 9.99. The van der Waals surface area contributed by atoms with Crippen LogP contribution in [-0.4, -0.2) is 98.7 Å². The van der Waals surface area contributed by atoms with Gasteiger partial charge in [0.25, 0.3) is 0 Å². The van der Waals surface area contributed by atoms with Gasteiger partial charge in [-0.1, -0.05) is 135 Å². The number of ether oxygens (including phenoxy) is 2. The fraction of sp³-hybridized carbons (Fsp3) is 0.919. The molecular formula is C37H71NO9. The lowest BCUT2D eigenvalue weighted by molar-refractivity contribution is -0.302. The first-order valence-electron chi connectivity index (χ1n) is 19.0. The number of carbonyl (C=O) groups is 1. The number of carbonyl (C=O) groups excluding carboxylic acids is 1. The van der Waals surface area contributed by atoms with Crippen LogP contribution in [0.3, 0.4) is 0 Å². The van der Waals surface area contributed by atoms with Crippen LogP contribution in [0.15, 0.2) is 12.2 Å². The van der Waals surface area contributed by atoms with Gasteiger partial charge in [0, 0.05) is 0 Å². The number of unbranched alkanes of at least 4 members (excludes halogenated alkanes) is 17. The molecule has 47 heavy (non-hydrogen) atoms. The van der Waals surface area contributed by atoms with Crippen molar-refractivity contribution in [3.63, 3.8) is 0 Å². The fourth-order valence-electron chi connectivity index (χ4n) is 5.99. The first-order valence-corrected chi connectivity index (χ1v) is 19.0. The molecule has 8 unspecified atom stereocenters. The number of rotatable bonds is 30. The molecule has 278 valence electrons. The molecule has 0 aromatic heterocycles. The van der Waals surface area contributed by atoms with Crippen molar-refractivity contribution in [3.05, 3.63) is 12.2 Å². The number of nitrogens with one attached hydrogen (secondary N) is 1. The van der Waals surface area contributed by atoms with E-state index in [1.54, 1.807) is 0 Å². The predicted molar refractivity (Wildman–Crippen MR) is 186 cm³/mol. The average Bonchev–Trinajstić information content (AvgIpc) is 3.07. The number of aliphatic hydroxyl groups excluding tert-OH is 6. The molecule has 1 aliphatic heterocycles. The molecule has 0 spiro atoms. The molecule has 10 heteroatoms. The zero-order valence-electron chi connectivity index (χ0n) is 29.7. The van der Waals surface area contributed by atoms with Gasteiger partial charge in [-0.2, -0.15) is 0 Å². The van der Waals surface area contributed by atoms with Gasteiger partial charge in [-0.05, 0) is 32.1 Å². The highest BCUT2D eigenvalue weighted by Crippen LogP contribution is 2.23. The minimum absolute atomic E-state index is 0.243. The van der Waals surface area contributed by atoms with Crippen molar-refractivity contribution in [2.24, 2.45) is 0 Å². The van der Waals surface area contributed by atoms with Crippen molar-refractivity contribution < 1.29 is 44.9 Å². The number of aliphatic hydroxyl groups is 6. The molecule has 1 saturated heterocycles. The summed E-state index contributed by atoms with van der Waals surface area (Å²) in [6, 6.07) is -0.902. The maximum atomic E-state index is 12.9. The van der Waals surface area contributed by atoms with E-state index in [1.165, 1.54) is 83.5 Å². The Morgan fingerprint density at radius 1 is 0.702 bits per heavy atom. The summed E-state index contributed by atoms with van der Waals surface area (Å²) in [4.78, 5) is 12.9. The second-order valence-electron chi connectivity index (χ2n) is 13.5. The third-order valence-electron chi connectivity index (χ3n) is 9.23. The van der Waals surface area contributed by atoms with Crippen LogP contribution in [0.2, 0.25) is 0 Å². The standard InChI is InChI=1S/C37H71NO9/c1-3-5-7-9-11-13-14-15-16-17-18-20-21-23-25-30(40)29(28-46-37-35(44)34(43)33(42)32(27-39)47-37)38-36(45)31(41)26-24-22-19-12-10-8-6-4-2/h19,22,29-35,37,39-44H,3-18,20-21,23-28H2,1-2H3,(H,38,45)/b22-19-. The molecule has 0 aliphatic carbocycles. The Bertz CT molecular complexity index is 768. The summed E-state index contributed by atoms with van der Waals surface area (Å²) >= 11 is 0. The molecule has 0 aromatic rings. The second kappa shape index (κ2) is 28.7. The Hall–Kier alpha value is -1.11. The van der Waals surface area contributed by atoms with Crippen molar-refractivity contribution in [2.75, 3.05) is 13.2 Å². The maximum absolute atomic E-state index is 12.9. The molecule has 1 rings (SSSR count). The Morgan fingerprint density at radius 3 is 1.77 bits per heavy atom. The third kappa shape index (κ3) is 20.2. The van der Waals surface area contributed by atoms with E-state index in [0.29, 0.717) is 12.8 Å².